The summed E-state index contributed by atoms with van der Waals surface area (Å²) in [4.78, 5) is 28.0. The van der Waals surface area contributed by atoms with Gasteiger partial charge in [0, 0.05) is 11.5 Å². The van der Waals surface area contributed by atoms with Crippen molar-refractivity contribution in [1.29, 1.82) is 5.26 Å². The number of aromatic nitrogens is 1. The van der Waals surface area contributed by atoms with Crippen molar-refractivity contribution < 1.29 is 28.2 Å². The van der Waals surface area contributed by atoms with Crippen LogP contribution in [0.1, 0.15) is 19.4 Å². The molecule has 0 aliphatic rings. The molecule has 178 valence electrons. The molecule has 0 N–H and O–H groups in total. The van der Waals surface area contributed by atoms with E-state index in [2.05, 4.69) is 11.1 Å². The summed E-state index contributed by atoms with van der Waals surface area (Å²) in [5.74, 6) is -0.0898. The number of esters is 1. The molecule has 9 heteroatoms. The summed E-state index contributed by atoms with van der Waals surface area (Å²) in [5.41, 5.74) is 1.03. The Hall–Kier alpha value is -3.74. The number of ether oxygens (including phenoxy) is 4. The van der Waals surface area contributed by atoms with Gasteiger partial charge in [0.15, 0.2) is 0 Å². The third kappa shape index (κ3) is 7.13. The molecule has 0 aliphatic carbocycles. The van der Waals surface area contributed by atoms with E-state index in [-0.39, 0.29) is 30.8 Å². The third-order valence-electron chi connectivity index (χ3n) is 4.67. The van der Waals surface area contributed by atoms with Crippen LogP contribution >= 0.6 is 0 Å². The van der Waals surface area contributed by atoms with Crippen LogP contribution in [0.25, 0.3) is 22.2 Å². The van der Waals surface area contributed by atoms with Crippen LogP contribution in [0.2, 0.25) is 0 Å². The fourth-order valence-electron chi connectivity index (χ4n) is 2.92. The molecule has 0 fully saturated rings. The lowest BCUT2D eigenvalue weighted by Crippen LogP contribution is -2.17. The zero-order chi connectivity index (χ0) is 24.3. The lowest BCUT2D eigenvalue weighted by molar-refractivity contribution is -0.149. The molecule has 0 radical (unpaired) electrons. The number of hydrogen-bond donors (Lipinski definition) is 0. The van der Waals surface area contributed by atoms with Crippen LogP contribution in [-0.4, -0.2) is 50.6 Å². The highest BCUT2D eigenvalue weighted by molar-refractivity contribution is 5.79. The van der Waals surface area contributed by atoms with E-state index in [1.807, 2.05) is 0 Å². The second-order valence-electron chi connectivity index (χ2n) is 7.58. The van der Waals surface area contributed by atoms with Gasteiger partial charge >= 0.3 is 11.6 Å². The van der Waals surface area contributed by atoms with E-state index in [0.717, 1.165) is 0 Å². The van der Waals surface area contributed by atoms with Crippen LogP contribution in [0.3, 0.4) is 0 Å². The molecule has 3 aromatic rings. The minimum Gasteiger partial charge on any atom is -0.475 e. The largest absolute Gasteiger partial charge is 0.475 e. The van der Waals surface area contributed by atoms with Crippen molar-refractivity contribution in [3.8, 4) is 23.1 Å². The van der Waals surface area contributed by atoms with Gasteiger partial charge in [-0.25, -0.2) is 4.79 Å². The molecule has 1 aromatic carbocycles. The summed E-state index contributed by atoms with van der Waals surface area (Å²) in [7, 11) is 0. The van der Waals surface area contributed by atoms with Crippen LogP contribution in [-0.2, 0) is 19.0 Å². The first-order valence-electron chi connectivity index (χ1n) is 10.9. The van der Waals surface area contributed by atoms with Crippen LogP contribution in [0.4, 0.5) is 0 Å². The number of pyridine rings is 1. The van der Waals surface area contributed by atoms with E-state index >= 15 is 0 Å². The van der Waals surface area contributed by atoms with E-state index < -0.39 is 5.63 Å². The number of benzene rings is 1. The first kappa shape index (κ1) is 24.9. The van der Waals surface area contributed by atoms with Crippen LogP contribution in [0.5, 0.6) is 5.88 Å². The molecule has 0 atom stereocenters. The first-order valence-corrected chi connectivity index (χ1v) is 10.9. The third-order valence-corrected chi connectivity index (χ3v) is 4.67. The Morgan fingerprint density at radius 1 is 1.03 bits per heavy atom. The van der Waals surface area contributed by atoms with Crippen molar-refractivity contribution in [2.75, 3.05) is 39.6 Å². The van der Waals surface area contributed by atoms with Crippen LogP contribution < -0.4 is 10.4 Å². The fraction of sp³-hybridized carbons (Fsp3) is 0.360. The van der Waals surface area contributed by atoms with Gasteiger partial charge < -0.3 is 23.4 Å². The Bertz CT molecular complexity index is 1210. The summed E-state index contributed by atoms with van der Waals surface area (Å²) in [6.45, 7) is 5.41. The SMILES string of the molecule is CC(C)C(=O)OCCOCCOCCOc1ccc2cc(-c3cccc(C#N)c3)c(=O)oc2n1. The number of carbonyl (C=O) groups is 1. The summed E-state index contributed by atoms with van der Waals surface area (Å²) in [6, 6.07) is 13.9. The highest BCUT2D eigenvalue weighted by Gasteiger charge is 2.11. The Labute approximate surface area is 196 Å². The predicted molar refractivity (Wildman–Crippen MR) is 123 cm³/mol. The van der Waals surface area contributed by atoms with Crippen molar-refractivity contribution >= 4 is 17.1 Å². The Morgan fingerprint density at radius 3 is 2.50 bits per heavy atom. The average Bonchev–Trinajstić information content (AvgIpc) is 2.84. The van der Waals surface area contributed by atoms with E-state index in [1.165, 1.54) is 0 Å². The maximum absolute atomic E-state index is 12.4. The van der Waals surface area contributed by atoms with Crippen molar-refractivity contribution in [2.24, 2.45) is 5.92 Å². The minimum atomic E-state index is -0.547. The molecule has 0 saturated heterocycles. The van der Waals surface area contributed by atoms with Crippen molar-refractivity contribution in [1.82, 2.24) is 4.98 Å². The first-order chi connectivity index (χ1) is 16.5. The van der Waals surface area contributed by atoms with Gasteiger partial charge in [-0.3, -0.25) is 4.79 Å². The highest BCUT2D eigenvalue weighted by Crippen LogP contribution is 2.22. The van der Waals surface area contributed by atoms with Crippen molar-refractivity contribution in [3.05, 3.63) is 58.4 Å². The second-order valence-corrected chi connectivity index (χ2v) is 7.58. The number of rotatable bonds is 12. The molecule has 0 unspecified atom stereocenters. The van der Waals surface area contributed by atoms with Gasteiger partial charge in [0.2, 0.25) is 11.6 Å². The van der Waals surface area contributed by atoms with E-state index in [4.69, 9.17) is 28.6 Å². The molecule has 0 amide bonds. The molecule has 0 saturated carbocycles. The normalized spacial score (nSPS) is 10.9. The smallest absolute Gasteiger partial charge is 0.345 e. The quantitative estimate of drug-likeness (QED) is 0.292. The molecule has 34 heavy (non-hydrogen) atoms. The number of nitriles is 1. The maximum Gasteiger partial charge on any atom is 0.345 e. The predicted octanol–water partition coefficient (Wildman–Crippen LogP) is 3.34. The Kier molecular flexibility index (Phi) is 9.14. The van der Waals surface area contributed by atoms with Gasteiger partial charge in [0.25, 0.3) is 0 Å². The standard InChI is InChI=1S/C25H26N2O7/c1-17(2)24(28)33-13-11-31-9-8-30-10-12-32-22-7-6-20-15-21(25(29)34-23(20)27-22)19-5-3-4-18(14-19)16-26/h3-7,14-15,17H,8-13H2,1-2H3. The minimum absolute atomic E-state index is 0.151. The molecule has 0 aliphatic heterocycles. The van der Waals surface area contributed by atoms with Gasteiger partial charge in [0.1, 0.15) is 13.2 Å². The van der Waals surface area contributed by atoms with Crippen molar-refractivity contribution in [3.63, 3.8) is 0 Å². The monoisotopic (exact) mass is 466 g/mol. The van der Waals surface area contributed by atoms with Gasteiger partial charge in [0.05, 0.1) is 49.5 Å². The molecule has 3 rings (SSSR count). The molecule has 2 heterocycles. The fourth-order valence-corrected chi connectivity index (χ4v) is 2.92. The Balaban J connectivity index is 1.43. The number of nitrogens with zero attached hydrogens (tertiary/aromatic N) is 2. The summed E-state index contributed by atoms with van der Waals surface area (Å²) >= 11 is 0. The highest BCUT2D eigenvalue weighted by atomic mass is 16.6. The molecular weight excluding hydrogens is 440 g/mol. The Morgan fingerprint density at radius 2 is 1.76 bits per heavy atom. The van der Waals surface area contributed by atoms with Crippen LogP contribution in [0.15, 0.2) is 51.7 Å². The van der Waals surface area contributed by atoms with E-state index in [0.29, 0.717) is 54.4 Å². The molecule has 0 spiro atoms. The van der Waals surface area contributed by atoms with Crippen molar-refractivity contribution in [2.45, 2.75) is 13.8 Å². The lowest BCUT2D eigenvalue weighted by Gasteiger charge is -2.09. The molecule has 0 bridgehead atoms. The second kappa shape index (κ2) is 12.5. The average molecular weight is 466 g/mol. The molecular formula is C25H26N2O7. The zero-order valence-corrected chi connectivity index (χ0v) is 19.1. The number of carbonyl (C=O) groups excluding carboxylic acids is 1. The van der Waals surface area contributed by atoms with Gasteiger partial charge in [-0.05, 0) is 29.8 Å². The molecule has 2 aromatic heterocycles. The maximum atomic E-state index is 12.4. The van der Waals surface area contributed by atoms with Crippen LogP contribution in [0, 0.1) is 17.2 Å². The lowest BCUT2D eigenvalue weighted by atomic mass is 10.0. The number of fused-ring (bicyclic) bond motifs is 1. The summed E-state index contributed by atoms with van der Waals surface area (Å²) in [6.07, 6.45) is 0. The molecule has 9 nitrogen and oxygen atoms in total. The van der Waals surface area contributed by atoms with Gasteiger partial charge in [-0.15, -0.1) is 0 Å². The summed E-state index contributed by atoms with van der Waals surface area (Å²) in [5, 5.41) is 9.71. The van der Waals surface area contributed by atoms with E-state index in [1.54, 1.807) is 56.3 Å². The zero-order valence-electron chi connectivity index (χ0n) is 19.1. The van der Waals surface area contributed by atoms with Gasteiger partial charge in [-0.1, -0.05) is 26.0 Å². The summed E-state index contributed by atoms with van der Waals surface area (Å²) < 4.78 is 26.7. The number of hydrogen-bond acceptors (Lipinski definition) is 9. The van der Waals surface area contributed by atoms with Gasteiger partial charge in [-0.2, -0.15) is 10.2 Å². The topological polar surface area (TPSA) is 121 Å². The van der Waals surface area contributed by atoms with E-state index in [9.17, 15) is 9.59 Å².